The first-order chi connectivity index (χ1) is 26.7. The molecule has 0 aliphatic carbocycles. The topological polar surface area (TPSA) is 51.8 Å². The van der Waals surface area contributed by atoms with Crippen LogP contribution in [0.25, 0.3) is 109 Å². The van der Waals surface area contributed by atoms with E-state index in [1.54, 1.807) is 11.3 Å². The maximum atomic E-state index is 6.58. The first kappa shape index (κ1) is 30.7. The zero-order valence-corrected chi connectivity index (χ0v) is 29.7. The van der Waals surface area contributed by atoms with Crippen LogP contribution in [-0.4, -0.2) is 15.0 Å². The van der Waals surface area contributed by atoms with Crippen molar-refractivity contribution >= 4 is 64.2 Å². The molecule has 0 amide bonds. The molecule has 8 aromatic carbocycles. The highest BCUT2D eigenvalue weighted by Gasteiger charge is 2.19. The van der Waals surface area contributed by atoms with E-state index in [9.17, 15) is 0 Å². The van der Waals surface area contributed by atoms with E-state index >= 15 is 0 Å². The molecule has 0 aliphatic heterocycles. The van der Waals surface area contributed by atoms with Gasteiger partial charge in [-0.1, -0.05) is 140 Å². The number of rotatable bonds is 5. The molecule has 252 valence electrons. The van der Waals surface area contributed by atoms with Gasteiger partial charge in [0.1, 0.15) is 11.2 Å². The Morgan fingerprint density at radius 3 is 1.76 bits per heavy atom. The van der Waals surface area contributed by atoms with Crippen molar-refractivity contribution in [1.29, 1.82) is 0 Å². The van der Waals surface area contributed by atoms with Gasteiger partial charge in [-0.2, -0.15) is 0 Å². The summed E-state index contributed by atoms with van der Waals surface area (Å²) in [5.41, 5.74) is 9.03. The highest BCUT2D eigenvalue weighted by Crippen LogP contribution is 2.43. The van der Waals surface area contributed by atoms with E-state index in [1.165, 1.54) is 20.2 Å². The number of furan rings is 1. The average Bonchev–Trinajstić information content (AvgIpc) is 3.82. The summed E-state index contributed by atoms with van der Waals surface area (Å²) in [5.74, 6) is 1.82. The molecule has 0 spiro atoms. The summed E-state index contributed by atoms with van der Waals surface area (Å²) in [6.45, 7) is 0. The fraction of sp³-hybridized carbons (Fsp3) is 0. The first-order valence-electron chi connectivity index (χ1n) is 18.0. The lowest BCUT2D eigenvalue weighted by atomic mass is 9.97. The van der Waals surface area contributed by atoms with E-state index in [4.69, 9.17) is 19.4 Å². The van der Waals surface area contributed by atoms with Crippen molar-refractivity contribution in [3.8, 4) is 56.4 Å². The van der Waals surface area contributed by atoms with Gasteiger partial charge in [0.25, 0.3) is 0 Å². The summed E-state index contributed by atoms with van der Waals surface area (Å²) in [4.78, 5) is 15.5. The molecule has 54 heavy (non-hydrogen) atoms. The molecule has 5 heteroatoms. The second-order valence-corrected chi connectivity index (χ2v) is 14.7. The molecule has 3 heterocycles. The van der Waals surface area contributed by atoms with Gasteiger partial charge in [0, 0.05) is 53.0 Å². The maximum Gasteiger partial charge on any atom is 0.164 e. The van der Waals surface area contributed by atoms with Crippen molar-refractivity contribution in [2.24, 2.45) is 0 Å². The van der Waals surface area contributed by atoms with E-state index in [2.05, 4.69) is 170 Å². The number of thiophene rings is 1. The molecule has 11 aromatic rings. The lowest BCUT2D eigenvalue weighted by molar-refractivity contribution is 0.673. The predicted octanol–water partition coefficient (Wildman–Crippen LogP) is 13.6. The monoisotopic (exact) mass is 707 g/mol. The summed E-state index contributed by atoms with van der Waals surface area (Å²) in [6.07, 6.45) is 0. The molecule has 0 fully saturated rings. The number of benzene rings is 8. The van der Waals surface area contributed by atoms with Gasteiger partial charge in [-0.15, -0.1) is 11.3 Å². The number of aromatic nitrogens is 3. The van der Waals surface area contributed by atoms with Crippen molar-refractivity contribution in [2.75, 3.05) is 0 Å². The molecule has 0 unspecified atom stereocenters. The lowest BCUT2D eigenvalue weighted by Crippen LogP contribution is -2.00. The van der Waals surface area contributed by atoms with Gasteiger partial charge in [0.15, 0.2) is 17.5 Å². The summed E-state index contributed by atoms with van der Waals surface area (Å²) >= 11 is 1.80. The highest BCUT2D eigenvalue weighted by molar-refractivity contribution is 7.26. The predicted molar refractivity (Wildman–Crippen MR) is 225 cm³/mol. The fourth-order valence-electron chi connectivity index (χ4n) is 7.68. The number of hydrogen-bond acceptors (Lipinski definition) is 5. The van der Waals surface area contributed by atoms with Crippen LogP contribution in [0, 0.1) is 0 Å². The summed E-state index contributed by atoms with van der Waals surface area (Å²) in [7, 11) is 0. The van der Waals surface area contributed by atoms with Crippen LogP contribution in [0.3, 0.4) is 0 Å². The van der Waals surface area contributed by atoms with E-state index in [0.717, 1.165) is 71.7 Å². The first-order valence-corrected chi connectivity index (χ1v) is 18.8. The Morgan fingerprint density at radius 2 is 0.963 bits per heavy atom. The molecule has 0 aliphatic rings. The van der Waals surface area contributed by atoms with Crippen LogP contribution < -0.4 is 0 Å². The van der Waals surface area contributed by atoms with Gasteiger partial charge < -0.3 is 4.42 Å². The van der Waals surface area contributed by atoms with Gasteiger partial charge in [-0.25, -0.2) is 15.0 Å². The number of fused-ring (bicyclic) bond motifs is 8. The minimum absolute atomic E-state index is 0.590. The third-order valence-corrected chi connectivity index (χ3v) is 11.4. The van der Waals surface area contributed by atoms with Crippen molar-refractivity contribution < 1.29 is 4.42 Å². The summed E-state index contributed by atoms with van der Waals surface area (Å²) < 4.78 is 9.03. The Balaban J connectivity index is 1.12. The molecule has 0 bridgehead atoms. The van der Waals surface area contributed by atoms with Gasteiger partial charge in [-0.05, 0) is 64.0 Å². The van der Waals surface area contributed by atoms with Gasteiger partial charge >= 0.3 is 0 Å². The van der Waals surface area contributed by atoms with Crippen LogP contribution in [0.5, 0.6) is 0 Å². The maximum absolute atomic E-state index is 6.58. The number of nitrogens with zero attached hydrogens (tertiary/aromatic N) is 3. The van der Waals surface area contributed by atoms with E-state index in [-0.39, 0.29) is 0 Å². The van der Waals surface area contributed by atoms with Crippen molar-refractivity contribution in [3.63, 3.8) is 0 Å². The molecule has 4 nitrogen and oxygen atoms in total. The second-order valence-electron chi connectivity index (χ2n) is 13.6. The second kappa shape index (κ2) is 12.3. The Labute approximate surface area is 314 Å². The molecular formula is C49H29N3OS. The molecule has 0 saturated heterocycles. The largest absolute Gasteiger partial charge is 0.455 e. The van der Waals surface area contributed by atoms with Crippen LogP contribution in [0.15, 0.2) is 180 Å². The minimum Gasteiger partial charge on any atom is -0.455 e. The van der Waals surface area contributed by atoms with E-state index in [1.807, 2.05) is 6.07 Å². The van der Waals surface area contributed by atoms with E-state index in [0.29, 0.717) is 17.5 Å². The molecule has 0 radical (unpaired) electrons. The SMILES string of the molecule is c1ccc(-c2ccc(-c3nc(-c4ccc5c(c4)oc4c6ccccc6ccc54)nc(-c4cc(-c5ccccc5)c5c(c4)sc4ccccc45)n3)cc2)cc1. The molecule has 3 aromatic heterocycles. The summed E-state index contributed by atoms with van der Waals surface area (Å²) in [6, 6.07) is 61.5. The molecule has 11 rings (SSSR count). The molecule has 0 atom stereocenters. The lowest BCUT2D eigenvalue weighted by Gasteiger charge is -2.11. The zero-order valence-electron chi connectivity index (χ0n) is 28.9. The van der Waals surface area contributed by atoms with Crippen LogP contribution in [0.1, 0.15) is 0 Å². The normalized spacial score (nSPS) is 11.7. The Morgan fingerprint density at radius 1 is 0.370 bits per heavy atom. The van der Waals surface area contributed by atoms with Crippen molar-refractivity contribution in [1.82, 2.24) is 15.0 Å². The Kier molecular flexibility index (Phi) is 7.00. The highest BCUT2D eigenvalue weighted by atomic mass is 32.1. The third kappa shape index (κ3) is 5.09. The fourth-order valence-corrected chi connectivity index (χ4v) is 8.85. The number of hydrogen-bond donors (Lipinski definition) is 0. The standard InChI is InChI=1S/C49H29N3OS/c1-3-11-30(12-4-1)31-19-21-34(22-20-31)47-50-48(35-24-25-38-39-26-23-33-15-7-8-16-37(33)46(39)53-42(38)28-35)52-49(51-47)36-27-41(32-13-5-2-6-14-32)45-40-17-9-10-18-43(40)54-44(45)29-36/h1-29H. The van der Waals surface area contributed by atoms with E-state index < -0.39 is 0 Å². The van der Waals surface area contributed by atoms with Crippen LogP contribution in [0.2, 0.25) is 0 Å². The molecule has 0 N–H and O–H groups in total. The van der Waals surface area contributed by atoms with Crippen LogP contribution in [0.4, 0.5) is 0 Å². The molecular weight excluding hydrogens is 679 g/mol. The Hall–Kier alpha value is -6.95. The third-order valence-electron chi connectivity index (χ3n) is 10.3. The van der Waals surface area contributed by atoms with Crippen molar-refractivity contribution in [2.45, 2.75) is 0 Å². The Bertz CT molecular complexity index is 3200. The molecule has 0 saturated carbocycles. The van der Waals surface area contributed by atoms with Crippen molar-refractivity contribution in [3.05, 3.63) is 176 Å². The summed E-state index contributed by atoms with van der Waals surface area (Å²) in [5, 5.41) is 6.91. The minimum atomic E-state index is 0.590. The quantitative estimate of drug-likeness (QED) is 0.179. The van der Waals surface area contributed by atoms with Gasteiger partial charge in [-0.3, -0.25) is 0 Å². The average molecular weight is 708 g/mol. The zero-order chi connectivity index (χ0) is 35.6. The van der Waals surface area contributed by atoms with Gasteiger partial charge in [0.05, 0.1) is 0 Å². The smallest absolute Gasteiger partial charge is 0.164 e. The van der Waals surface area contributed by atoms with Gasteiger partial charge in [0.2, 0.25) is 0 Å². The van der Waals surface area contributed by atoms with Crippen LogP contribution in [-0.2, 0) is 0 Å². The van der Waals surface area contributed by atoms with Crippen LogP contribution >= 0.6 is 11.3 Å².